The second kappa shape index (κ2) is 11.4. The lowest BCUT2D eigenvalue weighted by Gasteiger charge is -2.36. The first-order valence-electron chi connectivity index (χ1n) is 10.4. The maximum absolute atomic E-state index is 13.4. The number of aliphatic hydroxyl groups excluding tert-OH is 1. The van der Waals surface area contributed by atoms with Crippen molar-refractivity contribution in [3.05, 3.63) is 17.7 Å². The Balaban J connectivity index is 2.23. The Bertz CT molecular complexity index is 669. The van der Waals surface area contributed by atoms with Gasteiger partial charge in [-0.1, -0.05) is 13.8 Å². The van der Waals surface area contributed by atoms with E-state index in [2.05, 4.69) is 18.7 Å². The molecular formula is C22H36N2O6. The summed E-state index contributed by atoms with van der Waals surface area (Å²) in [6.07, 6.45) is -0.501. The first-order chi connectivity index (χ1) is 14.3. The molecule has 1 aromatic rings. The molecule has 1 aliphatic heterocycles. The number of amides is 1. The van der Waals surface area contributed by atoms with Gasteiger partial charge >= 0.3 is 0 Å². The molecule has 8 heteroatoms. The maximum Gasteiger partial charge on any atom is 0.254 e. The molecule has 0 bridgehead atoms. The number of morpholine rings is 1. The number of hydrogen-bond acceptors (Lipinski definition) is 7. The van der Waals surface area contributed by atoms with Crippen LogP contribution in [0.5, 0.6) is 17.2 Å². The van der Waals surface area contributed by atoms with E-state index in [1.807, 2.05) is 4.90 Å². The molecule has 1 aromatic carbocycles. The second-order valence-corrected chi connectivity index (χ2v) is 8.12. The van der Waals surface area contributed by atoms with Crippen LogP contribution in [0.2, 0.25) is 0 Å². The first kappa shape index (κ1) is 24.2. The third kappa shape index (κ3) is 6.48. The first-order valence-corrected chi connectivity index (χ1v) is 10.4. The molecule has 1 saturated heterocycles. The number of ether oxygens (including phenoxy) is 4. The predicted molar refractivity (Wildman–Crippen MR) is 115 cm³/mol. The fourth-order valence-corrected chi connectivity index (χ4v) is 3.74. The number of nitrogens with zero attached hydrogens (tertiary/aromatic N) is 2. The molecule has 1 N–H and O–H groups in total. The van der Waals surface area contributed by atoms with Crippen molar-refractivity contribution >= 4 is 5.91 Å². The third-order valence-electron chi connectivity index (χ3n) is 4.95. The van der Waals surface area contributed by atoms with Gasteiger partial charge in [0.2, 0.25) is 5.75 Å². The Labute approximate surface area is 179 Å². The number of β-amino-alcohol motifs (C(OH)–C–C–N with tert-alkyl or cyclic N) is 1. The summed E-state index contributed by atoms with van der Waals surface area (Å²) in [7, 11) is 4.60. The molecule has 0 aromatic heterocycles. The van der Waals surface area contributed by atoms with Gasteiger partial charge in [-0.3, -0.25) is 9.69 Å². The van der Waals surface area contributed by atoms with Crippen LogP contribution in [-0.2, 0) is 4.74 Å². The molecule has 1 aliphatic rings. The minimum absolute atomic E-state index is 0.109. The smallest absolute Gasteiger partial charge is 0.254 e. The van der Waals surface area contributed by atoms with Gasteiger partial charge in [0.1, 0.15) is 0 Å². The molecular weight excluding hydrogens is 388 g/mol. The molecule has 0 radical (unpaired) electrons. The fraction of sp³-hybridized carbons (Fsp3) is 0.682. The summed E-state index contributed by atoms with van der Waals surface area (Å²) in [4.78, 5) is 17.4. The highest BCUT2D eigenvalue weighted by molar-refractivity contribution is 5.95. The monoisotopic (exact) mass is 424 g/mol. The molecule has 1 amide bonds. The van der Waals surface area contributed by atoms with E-state index in [9.17, 15) is 9.90 Å². The zero-order chi connectivity index (χ0) is 22.3. The Morgan fingerprint density at radius 1 is 1.20 bits per heavy atom. The average Bonchev–Trinajstić information content (AvgIpc) is 2.71. The molecule has 170 valence electrons. The number of hydrogen-bond donors (Lipinski definition) is 1. The summed E-state index contributed by atoms with van der Waals surface area (Å²) in [5, 5.41) is 9.69. The lowest BCUT2D eigenvalue weighted by Crippen LogP contribution is -2.50. The van der Waals surface area contributed by atoms with Crippen molar-refractivity contribution in [3.63, 3.8) is 0 Å². The minimum atomic E-state index is -0.392. The second-order valence-electron chi connectivity index (χ2n) is 8.12. The predicted octanol–water partition coefficient (Wildman–Crippen LogP) is 1.89. The van der Waals surface area contributed by atoms with Gasteiger partial charge in [0, 0.05) is 38.3 Å². The molecule has 1 heterocycles. The van der Waals surface area contributed by atoms with Gasteiger partial charge in [-0.15, -0.1) is 0 Å². The molecule has 30 heavy (non-hydrogen) atoms. The van der Waals surface area contributed by atoms with Crippen molar-refractivity contribution in [2.45, 2.75) is 33.0 Å². The van der Waals surface area contributed by atoms with Crippen LogP contribution in [0, 0.1) is 5.92 Å². The number of aliphatic hydroxyl groups is 1. The molecule has 0 spiro atoms. The van der Waals surface area contributed by atoms with Crippen LogP contribution in [0.1, 0.15) is 31.1 Å². The number of methoxy groups -OCH3 is 3. The summed E-state index contributed by atoms with van der Waals surface area (Å²) in [5.41, 5.74) is 0.474. The normalized spacial score (nSPS) is 18.2. The summed E-state index contributed by atoms with van der Waals surface area (Å²) in [6.45, 7) is 9.68. The number of rotatable bonds is 10. The van der Waals surface area contributed by atoms with Crippen LogP contribution in [0.15, 0.2) is 12.1 Å². The van der Waals surface area contributed by atoms with Crippen LogP contribution in [0.4, 0.5) is 0 Å². The molecule has 0 aliphatic carbocycles. The van der Waals surface area contributed by atoms with Crippen LogP contribution < -0.4 is 14.2 Å². The molecule has 2 atom stereocenters. The van der Waals surface area contributed by atoms with Crippen molar-refractivity contribution in [2.75, 3.05) is 60.7 Å². The molecule has 2 rings (SSSR count). The van der Waals surface area contributed by atoms with Gasteiger partial charge in [0.25, 0.3) is 5.91 Å². The maximum atomic E-state index is 13.4. The van der Waals surface area contributed by atoms with Crippen LogP contribution in [0.3, 0.4) is 0 Å². The zero-order valence-corrected chi connectivity index (χ0v) is 19.0. The van der Waals surface area contributed by atoms with Crippen LogP contribution >= 0.6 is 0 Å². The van der Waals surface area contributed by atoms with Crippen molar-refractivity contribution in [1.29, 1.82) is 0 Å². The Morgan fingerprint density at radius 3 is 2.33 bits per heavy atom. The van der Waals surface area contributed by atoms with E-state index in [0.717, 1.165) is 6.54 Å². The van der Waals surface area contributed by atoms with Crippen molar-refractivity contribution in [2.24, 2.45) is 5.92 Å². The van der Waals surface area contributed by atoms with Crippen LogP contribution in [-0.4, -0.2) is 93.7 Å². The van der Waals surface area contributed by atoms with Gasteiger partial charge in [-0.05, 0) is 25.0 Å². The van der Waals surface area contributed by atoms with E-state index < -0.39 is 6.10 Å². The number of carbonyl (C=O) groups is 1. The third-order valence-corrected chi connectivity index (χ3v) is 4.95. The van der Waals surface area contributed by atoms with Crippen molar-refractivity contribution in [1.82, 2.24) is 9.80 Å². The highest BCUT2D eigenvalue weighted by atomic mass is 16.5. The standard InChI is InChI=1S/C22H36N2O6/c1-15(2)11-24(14-18-13-23(7-8-30-18)12-16(3)25)22(26)17-9-19(27-4)21(29-6)20(10-17)28-5/h9-10,15-16,18,25H,7-8,11-14H2,1-6H3/t16-,18+/m1/s1. The minimum Gasteiger partial charge on any atom is -0.493 e. The quantitative estimate of drug-likeness (QED) is 0.614. The Hall–Kier alpha value is -2.03. The topological polar surface area (TPSA) is 80.7 Å². The van der Waals surface area contributed by atoms with Gasteiger partial charge in [-0.25, -0.2) is 0 Å². The Kier molecular flexibility index (Phi) is 9.20. The van der Waals surface area contributed by atoms with Crippen molar-refractivity contribution < 1.29 is 28.8 Å². The summed E-state index contributed by atoms with van der Waals surface area (Å²) >= 11 is 0. The number of carbonyl (C=O) groups excluding carboxylic acids is 1. The van der Waals surface area contributed by atoms with Gasteiger partial charge in [0.05, 0.1) is 40.1 Å². The highest BCUT2D eigenvalue weighted by Gasteiger charge is 2.28. The van der Waals surface area contributed by atoms with Gasteiger partial charge in [0.15, 0.2) is 11.5 Å². The van der Waals surface area contributed by atoms with E-state index in [0.29, 0.717) is 61.5 Å². The molecule has 8 nitrogen and oxygen atoms in total. The largest absolute Gasteiger partial charge is 0.493 e. The lowest BCUT2D eigenvalue weighted by atomic mass is 10.1. The molecule has 0 saturated carbocycles. The lowest BCUT2D eigenvalue weighted by molar-refractivity contribution is -0.0498. The van der Waals surface area contributed by atoms with E-state index >= 15 is 0 Å². The summed E-state index contributed by atoms with van der Waals surface area (Å²) in [5.74, 6) is 1.53. The SMILES string of the molecule is COc1cc(C(=O)N(CC(C)C)C[C@@H]2CN(C[C@@H](C)O)CCO2)cc(OC)c1OC. The van der Waals surface area contributed by atoms with Gasteiger partial charge < -0.3 is 29.0 Å². The van der Waals surface area contributed by atoms with Crippen LogP contribution in [0.25, 0.3) is 0 Å². The summed E-state index contributed by atoms with van der Waals surface area (Å²) < 4.78 is 22.1. The summed E-state index contributed by atoms with van der Waals surface area (Å²) in [6, 6.07) is 3.36. The zero-order valence-electron chi connectivity index (χ0n) is 19.0. The van der Waals surface area contributed by atoms with E-state index in [1.165, 1.54) is 21.3 Å². The fourth-order valence-electron chi connectivity index (χ4n) is 3.74. The van der Waals surface area contributed by atoms with Crippen molar-refractivity contribution in [3.8, 4) is 17.2 Å². The van der Waals surface area contributed by atoms with E-state index in [-0.39, 0.29) is 12.0 Å². The van der Waals surface area contributed by atoms with Gasteiger partial charge in [-0.2, -0.15) is 0 Å². The Morgan fingerprint density at radius 2 is 1.83 bits per heavy atom. The van der Waals surface area contributed by atoms with E-state index in [1.54, 1.807) is 19.1 Å². The van der Waals surface area contributed by atoms with E-state index in [4.69, 9.17) is 18.9 Å². The number of benzene rings is 1. The highest BCUT2D eigenvalue weighted by Crippen LogP contribution is 2.38. The average molecular weight is 425 g/mol. The molecule has 0 unspecified atom stereocenters. The molecule has 1 fully saturated rings.